The van der Waals surface area contributed by atoms with Crippen LogP contribution < -0.4 is 19.7 Å². The molecule has 3 aromatic carbocycles. The highest BCUT2D eigenvalue weighted by Crippen LogP contribution is 2.29. The maximum Gasteiger partial charge on any atom is 0.251 e. The zero-order valence-electron chi connectivity index (χ0n) is 20.5. The Balaban J connectivity index is 1.34. The van der Waals surface area contributed by atoms with Crippen LogP contribution in [0.4, 0.5) is 5.69 Å². The average molecular weight is 494 g/mol. The third kappa shape index (κ3) is 6.27. The molecule has 1 aliphatic heterocycles. The van der Waals surface area contributed by atoms with Crippen molar-refractivity contribution in [2.45, 2.75) is 26.1 Å². The predicted molar refractivity (Wildman–Crippen MR) is 141 cm³/mol. The molecule has 0 spiro atoms. The molecular formula is C28H32ClN3O3. The summed E-state index contributed by atoms with van der Waals surface area (Å²) in [6.07, 6.45) is 0. The van der Waals surface area contributed by atoms with Gasteiger partial charge in [0.15, 0.2) is 11.5 Å². The van der Waals surface area contributed by atoms with E-state index in [0.29, 0.717) is 23.2 Å². The fourth-order valence-corrected chi connectivity index (χ4v) is 4.65. The number of nitrogens with one attached hydrogen (secondary N) is 1. The molecule has 6 nitrogen and oxygen atoms in total. The van der Waals surface area contributed by atoms with Gasteiger partial charge in [-0.3, -0.25) is 9.69 Å². The summed E-state index contributed by atoms with van der Waals surface area (Å²) in [6.45, 7) is 6.48. The second-order valence-corrected chi connectivity index (χ2v) is 9.26. The molecule has 0 aliphatic carbocycles. The average Bonchev–Trinajstić information content (AvgIpc) is 2.88. The van der Waals surface area contributed by atoms with Crippen molar-refractivity contribution in [2.75, 3.05) is 38.8 Å². The number of carbonyl (C=O) groups is 1. The van der Waals surface area contributed by atoms with Crippen molar-refractivity contribution in [1.29, 1.82) is 0 Å². The van der Waals surface area contributed by atoms with Gasteiger partial charge < -0.3 is 19.7 Å². The first kappa shape index (κ1) is 24.9. The van der Waals surface area contributed by atoms with Crippen molar-refractivity contribution in [3.63, 3.8) is 0 Å². The van der Waals surface area contributed by atoms with Gasteiger partial charge in [0.2, 0.25) is 0 Å². The van der Waals surface area contributed by atoms with Crippen LogP contribution in [0.2, 0.25) is 5.02 Å². The van der Waals surface area contributed by atoms with E-state index in [2.05, 4.69) is 52.4 Å². The van der Waals surface area contributed by atoms with Gasteiger partial charge in [-0.15, -0.1) is 0 Å². The molecular weight excluding hydrogens is 462 g/mol. The second kappa shape index (κ2) is 11.5. The molecule has 4 rings (SSSR count). The summed E-state index contributed by atoms with van der Waals surface area (Å²) < 4.78 is 10.8. The Labute approximate surface area is 212 Å². The summed E-state index contributed by atoms with van der Waals surface area (Å²) in [5.41, 5.74) is 4.07. The minimum atomic E-state index is -0.107. The third-order valence-electron chi connectivity index (χ3n) is 6.37. The quantitative estimate of drug-likeness (QED) is 0.478. The summed E-state index contributed by atoms with van der Waals surface area (Å²) in [6, 6.07) is 21.8. The van der Waals surface area contributed by atoms with E-state index >= 15 is 0 Å². The fraction of sp³-hybridized carbons (Fsp3) is 0.321. The molecule has 1 fully saturated rings. The number of nitrogens with zero attached hydrogens (tertiary/aromatic N) is 2. The van der Waals surface area contributed by atoms with E-state index in [1.54, 1.807) is 38.5 Å². The number of carbonyl (C=O) groups excluding carboxylic acids is 1. The summed E-state index contributed by atoms with van der Waals surface area (Å²) in [7, 11) is 3.32. The van der Waals surface area contributed by atoms with Crippen molar-refractivity contribution in [3.05, 3.63) is 88.4 Å². The molecule has 184 valence electrons. The smallest absolute Gasteiger partial charge is 0.251 e. The molecule has 1 amide bonds. The molecule has 1 aliphatic rings. The van der Waals surface area contributed by atoms with Gasteiger partial charge in [-0.25, -0.2) is 0 Å². The van der Waals surface area contributed by atoms with Gasteiger partial charge in [0.25, 0.3) is 5.91 Å². The third-order valence-corrected chi connectivity index (χ3v) is 6.62. The molecule has 0 radical (unpaired) electrons. The first-order valence-corrected chi connectivity index (χ1v) is 12.2. The maximum atomic E-state index is 12.4. The minimum absolute atomic E-state index is 0.107. The van der Waals surface area contributed by atoms with E-state index in [1.807, 2.05) is 12.1 Å². The number of amides is 1. The molecule has 1 saturated heterocycles. The molecule has 0 bridgehead atoms. The van der Waals surface area contributed by atoms with Gasteiger partial charge in [-0.1, -0.05) is 29.8 Å². The molecule has 1 unspecified atom stereocenters. The van der Waals surface area contributed by atoms with Gasteiger partial charge in [0.05, 0.1) is 14.2 Å². The fourth-order valence-electron chi connectivity index (χ4n) is 4.53. The van der Waals surface area contributed by atoms with Crippen molar-refractivity contribution in [2.24, 2.45) is 0 Å². The Bertz CT molecular complexity index is 1150. The molecule has 7 heteroatoms. The Morgan fingerprint density at radius 3 is 2.46 bits per heavy atom. The summed E-state index contributed by atoms with van der Waals surface area (Å²) in [4.78, 5) is 17.4. The van der Waals surface area contributed by atoms with Crippen LogP contribution in [0, 0.1) is 0 Å². The lowest BCUT2D eigenvalue weighted by atomic mass is 10.1. The number of anilines is 1. The second-order valence-electron chi connectivity index (χ2n) is 8.83. The number of methoxy groups -OCH3 is 2. The number of halogens is 1. The highest BCUT2D eigenvalue weighted by Gasteiger charge is 2.24. The monoisotopic (exact) mass is 493 g/mol. The predicted octanol–water partition coefficient (Wildman–Crippen LogP) is 5.00. The molecule has 3 aromatic rings. The van der Waals surface area contributed by atoms with Gasteiger partial charge >= 0.3 is 0 Å². The Morgan fingerprint density at radius 2 is 1.74 bits per heavy atom. The van der Waals surface area contributed by atoms with Gasteiger partial charge in [0, 0.05) is 55.0 Å². The van der Waals surface area contributed by atoms with Crippen LogP contribution in [-0.2, 0) is 13.1 Å². The molecule has 1 heterocycles. The number of benzene rings is 3. The zero-order chi connectivity index (χ0) is 24.8. The number of ether oxygens (including phenoxy) is 2. The Morgan fingerprint density at radius 1 is 0.971 bits per heavy atom. The van der Waals surface area contributed by atoms with Crippen molar-refractivity contribution in [3.8, 4) is 11.5 Å². The lowest BCUT2D eigenvalue weighted by Gasteiger charge is -2.41. The van der Waals surface area contributed by atoms with Crippen LogP contribution in [0.5, 0.6) is 11.5 Å². The SMILES string of the molecule is COc1ccc(CN2CCN(c3cccc(CNC(=O)c4ccc(Cl)cc4)c3)C(C)C2)cc1OC. The largest absolute Gasteiger partial charge is 0.493 e. The number of hydrogen-bond acceptors (Lipinski definition) is 5. The molecule has 0 saturated carbocycles. The van der Waals surface area contributed by atoms with Crippen molar-refractivity contribution >= 4 is 23.2 Å². The highest BCUT2D eigenvalue weighted by atomic mass is 35.5. The highest BCUT2D eigenvalue weighted by molar-refractivity contribution is 6.30. The first-order valence-electron chi connectivity index (χ1n) is 11.8. The lowest BCUT2D eigenvalue weighted by Crippen LogP contribution is -2.51. The Hall–Kier alpha value is -3.22. The van der Waals surface area contributed by atoms with Crippen LogP contribution in [0.15, 0.2) is 66.7 Å². The van der Waals surface area contributed by atoms with Crippen molar-refractivity contribution < 1.29 is 14.3 Å². The number of piperazine rings is 1. The van der Waals surface area contributed by atoms with Crippen LogP contribution in [0.3, 0.4) is 0 Å². The number of hydrogen-bond donors (Lipinski definition) is 1. The molecule has 35 heavy (non-hydrogen) atoms. The van der Waals surface area contributed by atoms with Crippen molar-refractivity contribution in [1.82, 2.24) is 10.2 Å². The van der Waals surface area contributed by atoms with Gasteiger partial charge in [0.1, 0.15) is 0 Å². The first-order chi connectivity index (χ1) is 17.0. The zero-order valence-corrected chi connectivity index (χ0v) is 21.2. The van der Waals surface area contributed by atoms with Crippen LogP contribution in [-0.4, -0.2) is 50.7 Å². The van der Waals surface area contributed by atoms with Crippen LogP contribution >= 0.6 is 11.6 Å². The van der Waals surface area contributed by atoms with E-state index in [9.17, 15) is 4.79 Å². The van der Waals surface area contributed by atoms with E-state index in [0.717, 1.165) is 43.2 Å². The normalized spacial score (nSPS) is 16.1. The Kier molecular flexibility index (Phi) is 8.16. The van der Waals surface area contributed by atoms with E-state index in [-0.39, 0.29) is 5.91 Å². The standard InChI is InChI=1S/C28H32ClN3O3/c1-20-18-31(19-22-7-12-26(34-2)27(16-22)35-3)13-14-32(20)25-6-4-5-21(15-25)17-30-28(33)23-8-10-24(29)11-9-23/h4-12,15-16,20H,13-14,17-19H2,1-3H3,(H,30,33). The van der Waals surface area contributed by atoms with E-state index in [1.165, 1.54) is 11.3 Å². The summed E-state index contributed by atoms with van der Waals surface area (Å²) in [5, 5.41) is 3.62. The number of rotatable bonds is 8. The lowest BCUT2D eigenvalue weighted by molar-refractivity contribution is 0.0951. The molecule has 0 aromatic heterocycles. The van der Waals surface area contributed by atoms with E-state index < -0.39 is 0 Å². The van der Waals surface area contributed by atoms with Crippen LogP contribution in [0.25, 0.3) is 0 Å². The van der Waals surface area contributed by atoms with Crippen LogP contribution in [0.1, 0.15) is 28.4 Å². The summed E-state index contributed by atoms with van der Waals surface area (Å²) in [5.74, 6) is 1.40. The van der Waals surface area contributed by atoms with Gasteiger partial charge in [-0.2, -0.15) is 0 Å². The molecule has 1 N–H and O–H groups in total. The maximum absolute atomic E-state index is 12.4. The summed E-state index contributed by atoms with van der Waals surface area (Å²) >= 11 is 5.92. The molecule has 1 atom stereocenters. The topological polar surface area (TPSA) is 54.0 Å². The van der Waals surface area contributed by atoms with Gasteiger partial charge in [-0.05, 0) is 66.6 Å². The minimum Gasteiger partial charge on any atom is -0.493 e. The van der Waals surface area contributed by atoms with E-state index in [4.69, 9.17) is 21.1 Å².